The summed E-state index contributed by atoms with van der Waals surface area (Å²) in [5.74, 6) is -0.707. The summed E-state index contributed by atoms with van der Waals surface area (Å²) in [6.07, 6.45) is -0.360. The van der Waals surface area contributed by atoms with Crippen molar-refractivity contribution in [2.45, 2.75) is 19.1 Å². The van der Waals surface area contributed by atoms with Gasteiger partial charge >= 0.3 is 5.97 Å². The van der Waals surface area contributed by atoms with Crippen molar-refractivity contribution in [2.75, 3.05) is 19.0 Å². The Balaban J connectivity index is 1.61. The van der Waals surface area contributed by atoms with Gasteiger partial charge in [-0.05, 0) is 29.3 Å². The molecule has 2 aromatic rings. The number of hydrogen-bond donors (Lipinski definition) is 1. The second kappa shape index (κ2) is 6.74. The van der Waals surface area contributed by atoms with E-state index in [1.54, 1.807) is 12.1 Å². The van der Waals surface area contributed by atoms with E-state index in [1.807, 2.05) is 55.4 Å². The van der Waals surface area contributed by atoms with Gasteiger partial charge in [-0.15, -0.1) is 0 Å². The number of carbonyl (C=O) groups excluding carboxylic acids is 2. The van der Waals surface area contributed by atoms with Crippen LogP contribution >= 0.6 is 0 Å². The molecule has 5 heteroatoms. The quantitative estimate of drug-likeness (QED) is 0.876. The SMILES string of the molecule is CN(C)c1ccc(CNC(=O)C2Cc3ccccc3C(=O)O2)cc1. The maximum atomic E-state index is 12.3. The Morgan fingerprint density at radius 2 is 1.88 bits per heavy atom. The second-order valence-corrected chi connectivity index (χ2v) is 6.03. The molecule has 124 valence electrons. The molecule has 24 heavy (non-hydrogen) atoms. The first-order chi connectivity index (χ1) is 11.5. The summed E-state index contributed by atoms with van der Waals surface area (Å²) < 4.78 is 5.26. The van der Waals surface area contributed by atoms with Crippen LogP contribution in [0.5, 0.6) is 0 Å². The molecule has 1 aliphatic heterocycles. The maximum Gasteiger partial charge on any atom is 0.339 e. The number of rotatable bonds is 4. The van der Waals surface area contributed by atoms with Crippen LogP contribution in [0.25, 0.3) is 0 Å². The number of esters is 1. The molecule has 1 N–H and O–H groups in total. The Bertz CT molecular complexity index is 753. The molecule has 0 saturated heterocycles. The van der Waals surface area contributed by atoms with Gasteiger partial charge in [0.25, 0.3) is 5.91 Å². The fraction of sp³-hybridized carbons (Fsp3) is 0.263. The van der Waals surface area contributed by atoms with Crippen molar-refractivity contribution >= 4 is 17.6 Å². The maximum absolute atomic E-state index is 12.3. The van der Waals surface area contributed by atoms with E-state index in [4.69, 9.17) is 4.74 Å². The van der Waals surface area contributed by atoms with Crippen molar-refractivity contribution in [1.82, 2.24) is 5.32 Å². The van der Waals surface area contributed by atoms with Crippen molar-refractivity contribution in [3.63, 3.8) is 0 Å². The first-order valence-corrected chi connectivity index (χ1v) is 7.87. The zero-order chi connectivity index (χ0) is 17.1. The molecular formula is C19H20N2O3. The van der Waals surface area contributed by atoms with Crippen LogP contribution in [-0.2, 0) is 22.5 Å². The number of ether oxygens (including phenoxy) is 1. The fourth-order valence-electron chi connectivity index (χ4n) is 2.69. The number of carbonyl (C=O) groups is 2. The molecule has 1 heterocycles. The molecule has 0 aromatic heterocycles. The lowest BCUT2D eigenvalue weighted by molar-refractivity contribution is -0.130. The number of benzene rings is 2. The highest BCUT2D eigenvalue weighted by Crippen LogP contribution is 2.20. The lowest BCUT2D eigenvalue weighted by Gasteiger charge is -2.23. The summed E-state index contributed by atoms with van der Waals surface area (Å²) in [7, 11) is 3.96. The minimum atomic E-state index is -0.770. The van der Waals surface area contributed by atoms with E-state index in [0.29, 0.717) is 18.5 Å². The van der Waals surface area contributed by atoms with E-state index in [0.717, 1.165) is 16.8 Å². The van der Waals surface area contributed by atoms with Crippen LogP contribution in [0.1, 0.15) is 21.5 Å². The summed E-state index contributed by atoms with van der Waals surface area (Å²) in [6, 6.07) is 15.2. The Morgan fingerprint density at radius 3 is 2.58 bits per heavy atom. The van der Waals surface area contributed by atoms with Gasteiger partial charge in [0, 0.05) is 32.7 Å². The third-order valence-corrected chi connectivity index (χ3v) is 4.10. The van der Waals surface area contributed by atoms with E-state index in [9.17, 15) is 9.59 Å². The largest absolute Gasteiger partial charge is 0.448 e. The van der Waals surface area contributed by atoms with Gasteiger partial charge in [-0.2, -0.15) is 0 Å². The first-order valence-electron chi connectivity index (χ1n) is 7.87. The third kappa shape index (κ3) is 3.40. The van der Waals surface area contributed by atoms with Crippen molar-refractivity contribution < 1.29 is 14.3 Å². The van der Waals surface area contributed by atoms with Gasteiger partial charge in [-0.3, -0.25) is 4.79 Å². The molecule has 0 saturated carbocycles. The Hall–Kier alpha value is -2.82. The van der Waals surface area contributed by atoms with Crippen molar-refractivity contribution in [1.29, 1.82) is 0 Å². The van der Waals surface area contributed by atoms with Crippen molar-refractivity contribution in [3.8, 4) is 0 Å². The molecular weight excluding hydrogens is 304 g/mol. The molecule has 3 rings (SSSR count). The van der Waals surface area contributed by atoms with E-state index in [2.05, 4.69) is 5.32 Å². The monoisotopic (exact) mass is 324 g/mol. The zero-order valence-electron chi connectivity index (χ0n) is 13.8. The predicted octanol–water partition coefficient (Wildman–Crippen LogP) is 2.15. The summed E-state index contributed by atoms with van der Waals surface area (Å²) in [4.78, 5) is 26.3. The van der Waals surface area contributed by atoms with E-state index in [-0.39, 0.29) is 5.91 Å². The molecule has 1 aliphatic rings. The molecule has 0 spiro atoms. The topological polar surface area (TPSA) is 58.6 Å². The molecule has 0 fully saturated rings. The van der Waals surface area contributed by atoms with Crippen molar-refractivity contribution in [3.05, 3.63) is 65.2 Å². The number of anilines is 1. The number of nitrogens with one attached hydrogen (secondary N) is 1. The minimum Gasteiger partial charge on any atom is -0.448 e. The van der Waals surface area contributed by atoms with E-state index < -0.39 is 12.1 Å². The summed E-state index contributed by atoms with van der Waals surface area (Å²) in [6.45, 7) is 0.405. The number of amides is 1. The number of fused-ring (bicyclic) bond motifs is 1. The van der Waals surface area contributed by atoms with Crippen LogP contribution in [-0.4, -0.2) is 32.1 Å². The summed E-state index contributed by atoms with van der Waals surface area (Å²) >= 11 is 0. The van der Waals surface area contributed by atoms with Gasteiger partial charge in [0.05, 0.1) is 5.56 Å². The third-order valence-electron chi connectivity index (χ3n) is 4.10. The number of hydrogen-bond acceptors (Lipinski definition) is 4. The fourth-order valence-corrected chi connectivity index (χ4v) is 2.69. The smallest absolute Gasteiger partial charge is 0.339 e. The lowest BCUT2D eigenvalue weighted by Crippen LogP contribution is -2.41. The second-order valence-electron chi connectivity index (χ2n) is 6.03. The summed E-state index contributed by atoms with van der Waals surface area (Å²) in [5, 5.41) is 2.84. The van der Waals surface area contributed by atoms with Gasteiger partial charge in [0.1, 0.15) is 0 Å². The molecule has 0 bridgehead atoms. The normalized spacial score (nSPS) is 16.1. The van der Waals surface area contributed by atoms with Crippen LogP contribution < -0.4 is 10.2 Å². The first kappa shape index (κ1) is 16.1. The molecule has 2 aromatic carbocycles. The van der Waals surface area contributed by atoms with Gasteiger partial charge in [-0.1, -0.05) is 30.3 Å². The lowest BCUT2D eigenvalue weighted by atomic mass is 9.98. The molecule has 1 atom stereocenters. The van der Waals surface area contributed by atoms with Gasteiger partial charge in [0.2, 0.25) is 0 Å². The van der Waals surface area contributed by atoms with Crippen LogP contribution in [0, 0.1) is 0 Å². The van der Waals surface area contributed by atoms with E-state index in [1.165, 1.54) is 0 Å². The van der Waals surface area contributed by atoms with Crippen molar-refractivity contribution in [2.24, 2.45) is 0 Å². The Labute approximate surface area is 141 Å². The standard InChI is InChI=1S/C19H20N2O3/c1-21(2)15-9-7-13(8-10-15)12-20-18(22)17-11-14-5-3-4-6-16(14)19(23)24-17/h3-10,17H,11-12H2,1-2H3,(H,20,22). The van der Waals surface area contributed by atoms with Crippen LogP contribution in [0.4, 0.5) is 5.69 Å². The molecule has 1 unspecified atom stereocenters. The molecule has 1 amide bonds. The number of nitrogens with zero attached hydrogens (tertiary/aromatic N) is 1. The molecule has 0 radical (unpaired) electrons. The predicted molar refractivity (Wildman–Crippen MR) is 92.0 cm³/mol. The Kier molecular flexibility index (Phi) is 4.51. The highest BCUT2D eigenvalue weighted by atomic mass is 16.5. The Morgan fingerprint density at radius 1 is 1.17 bits per heavy atom. The van der Waals surface area contributed by atoms with Crippen LogP contribution in [0.3, 0.4) is 0 Å². The number of cyclic esters (lactones) is 1. The van der Waals surface area contributed by atoms with Gasteiger partial charge in [0.15, 0.2) is 6.10 Å². The molecule has 0 aliphatic carbocycles. The van der Waals surface area contributed by atoms with Crippen LogP contribution in [0.2, 0.25) is 0 Å². The average Bonchev–Trinajstić information content (AvgIpc) is 2.60. The van der Waals surface area contributed by atoms with Gasteiger partial charge in [-0.25, -0.2) is 4.79 Å². The summed E-state index contributed by atoms with van der Waals surface area (Å²) in [5.41, 5.74) is 3.49. The van der Waals surface area contributed by atoms with E-state index >= 15 is 0 Å². The highest BCUT2D eigenvalue weighted by molar-refractivity contribution is 5.95. The zero-order valence-corrected chi connectivity index (χ0v) is 13.8. The minimum absolute atomic E-state index is 0.269. The molecule has 5 nitrogen and oxygen atoms in total. The average molecular weight is 324 g/mol. The van der Waals surface area contributed by atoms with Crippen LogP contribution in [0.15, 0.2) is 48.5 Å². The van der Waals surface area contributed by atoms with Gasteiger partial charge < -0.3 is 15.0 Å². The highest BCUT2D eigenvalue weighted by Gasteiger charge is 2.30.